The van der Waals surface area contributed by atoms with E-state index in [2.05, 4.69) is 34.1 Å². The molecule has 3 N–H and O–H groups in total. The smallest absolute Gasteiger partial charge is 0.158 e. The second kappa shape index (κ2) is 4.95. The lowest BCUT2D eigenvalue weighted by Gasteiger charge is -2.37. The molecule has 6 nitrogen and oxygen atoms in total. The second-order valence-corrected chi connectivity index (χ2v) is 4.86. The highest BCUT2D eigenvalue weighted by atomic mass is 16.5. The Morgan fingerprint density at radius 3 is 2.88 bits per heavy atom. The lowest BCUT2D eigenvalue weighted by Crippen LogP contribution is -2.47. The minimum absolute atomic E-state index is 0.0789. The maximum Gasteiger partial charge on any atom is 0.158 e. The van der Waals surface area contributed by atoms with E-state index in [1.54, 1.807) is 12.4 Å². The molecular formula is C11H19N5O. The fourth-order valence-corrected chi connectivity index (χ4v) is 1.99. The number of hydrogen-bond donors (Lipinski definition) is 2. The highest BCUT2D eigenvalue weighted by Crippen LogP contribution is 2.17. The van der Waals surface area contributed by atoms with Crippen molar-refractivity contribution >= 4 is 5.82 Å². The number of nitrogens with zero attached hydrogens (tertiary/aromatic N) is 3. The van der Waals surface area contributed by atoms with Crippen LogP contribution < -0.4 is 11.3 Å². The van der Waals surface area contributed by atoms with Crippen LogP contribution in [0.3, 0.4) is 0 Å². The Morgan fingerprint density at radius 2 is 2.29 bits per heavy atom. The number of nitrogens with two attached hydrogens (primary N) is 1. The summed E-state index contributed by atoms with van der Waals surface area (Å²) < 4.78 is 5.67. The molecule has 0 atom stereocenters. The molecule has 0 bridgehead atoms. The van der Waals surface area contributed by atoms with Gasteiger partial charge in [0.2, 0.25) is 0 Å². The first-order chi connectivity index (χ1) is 8.09. The monoisotopic (exact) mass is 237 g/mol. The van der Waals surface area contributed by atoms with Gasteiger partial charge in [-0.05, 0) is 13.8 Å². The summed E-state index contributed by atoms with van der Waals surface area (Å²) in [6.07, 6.45) is 3.39. The number of hydrazine groups is 1. The third kappa shape index (κ3) is 3.36. The van der Waals surface area contributed by atoms with Crippen molar-refractivity contribution in [3.63, 3.8) is 0 Å². The summed E-state index contributed by atoms with van der Waals surface area (Å²) in [5.74, 6) is 5.82. The predicted molar refractivity (Wildman–Crippen MR) is 65.2 cm³/mol. The topological polar surface area (TPSA) is 76.3 Å². The Kier molecular flexibility index (Phi) is 3.56. The molecule has 2 rings (SSSR count). The number of anilines is 1. The van der Waals surface area contributed by atoms with Gasteiger partial charge in [-0.1, -0.05) is 0 Å². The van der Waals surface area contributed by atoms with E-state index in [9.17, 15) is 0 Å². The quantitative estimate of drug-likeness (QED) is 0.584. The van der Waals surface area contributed by atoms with Crippen LogP contribution in [0.4, 0.5) is 5.82 Å². The Hall–Kier alpha value is -1.24. The van der Waals surface area contributed by atoms with Crippen LogP contribution in [0, 0.1) is 0 Å². The number of hydrogen-bond acceptors (Lipinski definition) is 6. The lowest BCUT2D eigenvalue weighted by molar-refractivity contribution is -0.0885. The molecule has 1 aliphatic heterocycles. The molecule has 94 valence electrons. The maximum absolute atomic E-state index is 5.67. The van der Waals surface area contributed by atoms with Crippen LogP contribution in [0.5, 0.6) is 0 Å². The van der Waals surface area contributed by atoms with Crippen LogP contribution in [-0.2, 0) is 11.3 Å². The Bertz CT molecular complexity index is 365. The Morgan fingerprint density at radius 1 is 1.47 bits per heavy atom. The molecule has 1 fully saturated rings. The van der Waals surface area contributed by atoms with E-state index in [0.29, 0.717) is 5.82 Å². The zero-order valence-corrected chi connectivity index (χ0v) is 10.3. The number of aromatic nitrogens is 2. The van der Waals surface area contributed by atoms with E-state index in [0.717, 1.165) is 31.9 Å². The largest absolute Gasteiger partial charge is 0.373 e. The van der Waals surface area contributed by atoms with E-state index < -0.39 is 0 Å². The van der Waals surface area contributed by atoms with Crippen molar-refractivity contribution in [2.45, 2.75) is 26.0 Å². The minimum Gasteiger partial charge on any atom is -0.373 e. The van der Waals surface area contributed by atoms with Crippen molar-refractivity contribution in [2.24, 2.45) is 5.84 Å². The maximum atomic E-state index is 5.67. The average molecular weight is 237 g/mol. The van der Waals surface area contributed by atoms with E-state index in [1.807, 2.05) is 0 Å². The summed E-state index contributed by atoms with van der Waals surface area (Å²) in [7, 11) is 0. The van der Waals surface area contributed by atoms with E-state index >= 15 is 0 Å². The van der Waals surface area contributed by atoms with Crippen LogP contribution in [0.25, 0.3) is 0 Å². The van der Waals surface area contributed by atoms with E-state index in [-0.39, 0.29) is 5.60 Å². The Balaban J connectivity index is 1.95. The first kappa shape index (κ1) is 12.2. The molecule has 17 heavy (non-hydrogen) atoms. The predicted octanol–water partition coefficient (Wildman–Crippen LogP) is 0.373. The number of rotatable bonds is 3. The van der Waals surface area contributed by atoms with Crippen molar-refractivity contribution in [1.29, 1.82) is 0 Å². The van der Waals surface area contributed by atoms with Crippen LogP contribution in [0.15, 0.2) is 12.4 Å². The van der Waals surface area contributed by atoms with Gasteiger partial charge in [0.15, 0.2) is 5.82 Å². The second-order valence-electron chi connectivity index (χ2n) is 4.86. The van der Waals surface area contributed by atoms with Crippen molar-refractivity contribution in [1.82, 2.24) is 14.9 Å². The van der Waals surface area contributed by atoms with Crippen LogP contribution in [-0.4, -0.2) is 40.2 Å². The fourth-order valence-electron chi connectivity index (χ4n) is 1.99. The molecule has 0 radical (unpaired) electrons. The van der Waals surface area contributed by atoms with Crippen LogP contribution in [0.1, 0.15) is 19.5 Å². The van der Waals surface area contributed by atoms with Gasteiger partial charge in [-0.3, -0.25) is 9.88 Å². The number of morpholine rings is 1. The van der Waals surface area contributed by atoms with Gasteiger partial charge in [0, 0.05) is 19.6 Å². The summed E-state index contributed by atoms with van der Waals surface area (Å²) in [4.78, 5) is 10.8. The summed E-state index contributed by atoms with van der Waals surface area (Å²) in [6, 6.07) is 0. The van der Waals surface area contributed by atoms with Gasteiger partial charge in [0.25, 0.3) is 0 Å². The number of nitrogen functional groups attached to an aromatic ring is 1. The first-order valence-electron chi connectivity index (χ1n) is 5.73. The molecule has 0 saturated carbocycles. The standard InChI is InChI=1S/C11H19N5O/c1-11(2)8-16(3-4-17-11)7-9-5-14-10(15-12)6-13-9/h5-6H,3-4,7-8,12H2,1-2H3,(H,14,15). The van der Waals surface area contributed by atoms with Gasteiger partial charge < -0.3 is 10.2 Å². The number of nitrogens with one attached hydrogen (secondary N) is 1. The van der Waals surface area contributed by atoms with Crippen molar-refractivity contribution in [3.05, 3.63) is 18.1 Å². The molecular weight excluding hydrogens is 218 g/mol. The summed E-state index contributed by atoms with van der Waals surface area (Å²) in [5, 5.41) is 0. The zero-order valence-electron chi connectivity index (χ0n) is 10.3. The molecule has 1 saturated heterocycles. The average Bonchev–Trinajstić information content (AvgIpc) is 2.29. The summed E-state index contributed by atoms with van der Waals surface area (Å²) >= 11 is 0. The van der Waals surface area contributed by atoms with E-state index in [4.69, 9.17) is 10.6 Å². The highest BCUT2D eigenvalue weighted by molar-refractivity contribution is 5.28. The minimum atomic E-state index is -0.0789. The molecule has 0 aliphatic carbocycles. The molecule has 1 aliphatic rings. The van der Waals surface area contributed by atoms with Crippen LogP contribution in [0.2, 0.25) is 0 Å². The van der Waals surface area contributed by atoms with Gasteiger partial charge in [-0.2, -0.15) is 0 Å². The molecule has 0 aromatic carbocycles. The van der Waals surface area contributed by atoms with Crippen molar-refractivity contribution in [3.8, 4) is 0 Å². The zero-order chi connectivity index (χ0) is 12.3. The summed E-state index contributed by atoms with van der Waals surface area (Å²) in [5.41, 5.74) is 3.33. The van der Waals surface area contributed by atoms with Crippen molar-refractivity contribution in [2.75, 3.05) is 25.1 Å². The van der Waals surface area contributed by atoms with E-state index in [1.165, 1.54) is 0 Å². The normalized spacial score (nSPS) is 20.2. The SMILES string of the molecule is CC1(C)CN(Cc2cnc(NN)cn2)CCO1. The molecule has 0 spiro atoms. The van der Waals surface area contributed by atoms with Crippen LogP contribution >= 0.6 is 0 Å². The molecule has 1 aromatic rings. The van der Waals surface area contributed by atoms with Gasteiger partial charge in [0.1, 0.15) is 0 Å². The Labute approximate surface area is 101 Å². The summed E-state index contributed by atoms with van der Waals surface area (Å²) in [6.45, 7) is 7.61. The van der Waals surface area contributed by atoms with Gasteiger partial charge in [-0.25, -0.2) is 10.8 Å². The molecule has 0 unspecified atom stereocenters. The molecule has 0 amide bonds. The lowest BCUT2D eigenvalue weighted by atomic mass is 10.1. The number of ether oxygens (including phenoxy) is 1. The fraction of sp³-hybridized carbons (Fsp3) is 0.636. The van der Waals surface area contributed by atoms with Gasteiger partial charge in [0.05, 0.1) is 30.3 Å². The van der Waals surface area contributed by atoms with Crippen molar-refractivity contribution < 1.29 is 4.74 Å². The highest BCUT2D eigenvalue weighted by Gasteiger charge is 2.27. The van der Waals surface area contributed by atoms with Gasteiger partial charge >= 0.3 is 0 Å². The molecule has 6 heteroatoms. The third-order valence-corrected chi connectivity index (χ3v) is 2.74. The molecule has 2 heterocycles. The molecule has 1 aromatic heterocycles. The first-order valence-corrected chi connectivity index (χ1v) is 5.73. The van der Waals surface area contributed by atoms with Gasteiger partial charge in [-0.15, -0.1) is 0 Å². The third-order valence-electron chi connectivity index (χ3n) is 2.74.